The Labute approximate surface area is 130 Å². The molecular formula is C13H8Br2F3NO. The average Bonchev–Trinajstić information content (AvgIpc) is 2.33. The maximum Gasteiger partial charge on any atom is 0.421 e. The number of aryl methyl sites for hydroxylation is 1. The van der Waals surface area contributed by atoms with Gasteiger partial charge in [0.05, 0.1) is 4.47 Å². The van der Waals surface area contributed by atoms with Crippen LogP contribution in [0.2, 0.25) is 0 Å². The van der Waals surface area contributed by atoms with Crippen LogP contribution in [0.4, 0.5) is 13.2 Å². The van der Waals surface area contributed by atoms with Crippen LogP contribution in [0.25, 0.3) is 0 Å². The fourth-order valence-corrected chi connectivity index (χ4v) is 2.41. The maximum absolute atomic E-state index is 12.9. The summed E-state index contributed by atoms with van der Waals surface area (Å²) in [6.07, 6.45) is -3.28. The normalized spacial score (nSPS) is 11.5. The Hall–Kier alpha value is -1.08. The number of pyridine rings is 1. The zero-order valence-electron chi connectivity index (χ0n) is 10.1. The second-order valence-electron chi connectivity index (χ2n) is 4.04. The summed E-state index contributed by atoms with van der Waals surface area (Å²) < 4.78 is 44.9. The van der Waals surface area contributed by atoms with Crippen molar-refractivity contribution in [3.63, 3.8) is 0 Å². The first-order valence-electron chi connectivity index (χ1n) is 5.44. The quantitative estimate of drug-likeness (QED) is 0.631. The molecule has 0 N–H and O–H groups in total. The van der Waals surface area contributed by atoms with Crippen molar-refractivity contribution in [3.05, 3.63) is 50.5 Å². The highest BCUT2D eigenvalue weighted by Gasteiger charge is 2.36. The van der Waals surface area contributed by atoms with Gasteiger partial charge in [-0.3, -0.25) is 0 Å². The summed E-state index contributed by atoms with van der Waals surface area (Å²) >= 11 is 6.22. The highest BCUT2D eigenvalue weighted by Crippen LogP contribution is 2.39. The predicted molar refractivity (Wildman–Crippen MR) is 75.9 cm³/mol. The first kappa shape index (κ1) is 15.3. The molecule has 2 nitrogen and oxygen atoms in total. The van der Waals surface area contributed by atoms with E-state index < -0.39 is 17.6 Å². The third-order valence-electron chi connectivity index (χ3n) is 2.42. The molecule has 20 heavy (non-hydrogen) atoms. The standard InChI is InChI=1S/C13H8Br2F3NO/c1-7-2-3-11(10(15)4-7)20-12-9(13(16,17)18)5-8(14)6-19-12/h2-6H,1H3. The van der Waals surface area contributed by atoms with Crippen molar-refractivity contribution in [3.8, 4) is 11.6 Å². The largest absolute Gasteiger partial charge is 0.437 e. The van der Waals surface area contributed by atoms with Gasteiger partial charge >= 0.3 is 6.18 Å². The Bertz CT molecular complexity index is 644. The monoisotopic (exact) mass is 409 g/mol. The van der Waals surface area contributed by atoms with Gasteiger partial charge in [-0.25, -0.2) is 4.98 Å². The van der Waals surface area contributed by atoms with Gasteiger partial charge in [0.15, 0.2) is 0 Å². The number of benzene rings is 1. The smallest absolute Gasteiger partial charge is 0.421 e. The Morgan fingerprint density at radius 2 is 1.85 bits per heavy atom. The van der Waals surface area contributed by atoms with E-state index >= 15 is 0 Å². The molecule has 0 aliphatic rings. The minimum Gasteiger partial charge on any atom is -0.437 e. The lowest BCUT2D eigenvalue weighted by Crippen LogP contribution is -2.08. The fourth-order valence-electron chi connectivity index (χ4n) is 1.50. The molecule has 0 spiro atoms. The minimum absolute atomic E-state index is 0.236. The molecule has 0 aliphatic heterocycles. The van der Waals surface area contributed by atoms with Crippen LogP contribution in [0.3, 0.4) is 0 Å². The Kier molecular flexibility index (Phi) is 4.39. The first-order valence-corrected chi connectivity index (χ1v) is 7.03. The van der Waals surface area contributed by atoms with Gasteiger partial charge in [-0.1, -0.05) is 6.07 Å². The molecule has 0 radical (unpaired) electrons. The molecule has 0 amide bonds. The summed E-state index contributed by atoms with van der Waals surface area (Å²) in [6, 6.07) is 6.02. The fraction of sp³-hybridized carbons (Fsp3) is 0.154. The van der Waals surface area contributed by atoms with Crippen LogP contribution in [0.5, 0.6) is 11.6 Å². The van der Waals surface area contributed by atoms with Crippen LogP contribution < -0.4 is 4.74 Å². The van der Waals surface area contributed by atoms with Crippen molar-refractivity contribution in [2.75, 3.05) is 0 Å². The van der Waals surface area contributed by atoms with Crippen LogP contribution in [-0.4, -0.2) is 4.98 Å². The molecule has 0 atom stereocenters. The second-order valence-corrected chi connectivity index (χ2v) is 5.81. The van der Waals surface area contributed by atoms with E-state index in [4.69, 9.17) is 4.74 Å². The molecule has 7 heteroatoms. The summed E-state index contributed by atoms with van der Waals surface area (Å²) in [6.45, 7) is 1.87. The van der Waals surface area contributed by atoms with Crippen molar-refractivity contribution in [1.82, 2.24) is 4.98 Å². The lowest BCUT2D eigenvalue weighted by atomic mass is 10.2. The third kappa shape index (κ3) is 3.52. The van der Waals surface area contributed by atoms with Crippen molar-refractivity contribution < 1.29 is 17.9 Å². The van der Waals surface area contributed by atoms with E-state index in [9.17, 15) is 13.2 Å². The molecule has 1 aromatic heterocycles. The molecule has 2 rings (SSSR count). The van der Waals surface area contributed by atoms with Gasteiger partial charge in [0.2, 0.25) is 5.88 Å². The molecule has 1 aromatic carbocycles. The summed E-state index contributed by atoms with van der Waals surface area (Å²) in [4.78, 5) is 3.69. The molecule has 0 bridgehead atoms. The second kappa shape index (κ2) is 5.73. The van der Waals surface area contributed by atoms with E-state index in [-0.39, 0.29) is 10.2 Å². The highest BCUT2D eigenvalue weighted by molar-refractivity contribution is 9.10. The van der Waals surface area contributed by atoms with Crippen LogP contribution in [0.15, 0.2) is 39.4 Å². The summed E-state index contributed by atoms with van der Waals surface area (Å²) in [5.41, 5.74) is 0.0309. The molecule has 106 valence electrons. The van der Waals surface area contributed by atoms with Gasteiger partial charge in [0.1, 0.15) is 11.3 Å². The van der Waals surface area contributed by atoms with Gasteiger partial charge in [-0.2, -0.15) is 13.2 Å². The van der Waals surface area contributed by atoms with E-state index in [2.05, 4.69) is 36.8 Å². The van der Waals surface area contributed by atoms with E-state index in [0.717, 1.165) is 11.6 Å². The Morgan fingerprint density at radius 1 is 1.15 bits per heavy atom. The van der Waals surface area contributed by atoms with Crippen molar-refractivity contribution >= 4 is 31.9 Å². The van der Waals surface area contributed by atoms with E-state index in [1.807, 2.05) is 6.92 Å². The number of rotatable bonds is 2. The summed E-state index contributed by atoms with van der Waals surface area (Å²) in [5.74, 6) is -0.207. The number of nitrogens with zero attached hydrogens (tertiary/aromatic N) is 1. The molecule has 2 aromatic rings. The molecule has 0 unspecified atom stereocenters. The molecule has 0 fully saturated rings. The number of halogens is 5. The van der Waals surface area contributed by atoms with E-state index in [0.29, 0.717) is 4.47 Å². The minimum atomic E-state index is -4.54. The number of hydrogen-bond donors (Lipinski definition) is 0. The van der Waals surface area contributed by atoms with Gasteiger partial charge in [-0.15, -0.1) is 0 Å². The molecule has 0 saturated heterocycles. The van der Waals surface area contributed by atoms with Crippen molar-refractivity contribution in [2.45, 2.75) is 13.1 Å². The van der Waals surface area contributed by atoms with Crippen LogP contribution in [0.1, 0.15) is 11.1 Å². The number of aromatic nitrogens is 1. The lowest BCUT2D eigenvalue weighted by Gasteiger charge is -2.13. The van der Waals surface area contributed by atoms with Crippen LogP contribution in [0, 0.1) is 6.92 Å². The zero-order chi connectivity index (χ0) is 14.9. The third-order valence-corrected chi connectivity index (χ3v) is 3.47. The predicted octanol–water partition coefficient (Wildman–Crippen LogP) is 5.73. The van der Waals surface area contributed by atoms with Gasteiger partial charge in [-0.05, 0) is 62.5 Å². The first-order chi connectivity index (χ1) is 9.27. The number of alkyl halides is 3. The molecular weight excluding hydrogens is 403 g/mol. The zero-order valence-corrected chi connectivity index (χ0v) is 13.3. The van der Waals surface area contributed by atoms with E-state index in [1.54, 1.807) is 18.2 Å². The lowest BCUT2D eigenvalue weighted by molar-refractivity contribution is -0.138. The van der Waals surface area contributed by atoms with Crippen molar-refractivity contribution in [2.24, 2.45) is 0 Å². The van der Waals surface area contributed by atoms with Gasteiger partial charge < -0.3 is 4.74 Å². The van der Waals surface area contributed by atoms with Crippen LogP contribution in [-0.2, 0) is 6.18 Å². The molecule has 0 saturated carbocycles. The number of hydrogen-bond acceptors (Lipinski definition) is 2. The SMILES string of the molecule is Cc1ccc(Oc2ncc(Br)cc2C(F)(F)F)c(Br)c1. The van der Waals surface area contributed by atoms with Gasteiger partial charge in [0.25, 0.3) is 0 Å². The molecule has 0 aliphatic carbocycles. The number of ether oxygens (including phenoxy) is 1. The summed E-state index contributed by atoms with van der Waals surface area (Å²) in [5, 5.41) is 0. The topological polar surface area (TPSA) is 22.1 Å². The average molecular weight is 411 g/mol. The molecule has 1 heterocycles. The van der Waals surface area contributed by atoms with Crippen LogP contribution >= 0.6 is 31.9 Å². The Morgan fingerprint density at radius 3 is 2.45 bits per heavy atom. The maximum atomic E-state index is 12.9. The van der Waals surface area contributed by atoms with Gasteiger partial charge in [0, 0.05) is 10.7 Å². The summed E-state index contributed by atoms with van der Waals surface area (Å²) in [7, 11) is 0. The van der Waals surface area contributed by atoms with Crippen molar-refractivity contribution in [1.29, 1.82) is 0 Å². The van der Waals surface area contributed by atoms with E-state index in [1.165, 1.54) is 6.20 Å². The highest BCUT2D eigenvalue weighted by atomic mass is 79.9. The Balaban J connectivity index is 2.43.